The van der Waals surface area contributed by atoms with E-state index in [2.05, 4.69) is 5.32 Å². The summed E-state index contributed by atoms with van der Waals surface area (Å²) >= 11 is 0. The molecule has 1 heterocycles. The molecule has 0 spiro atoms. The Morgan fingerprint density at radius 1 is 1.39 bits per heavy atom. The van der Waals surface area contributed by atoms with Crippen LogP contribution in [0.15, 0.2) is 18.2 Å². The number of carbonyl (C=O) groups excluding carboxylic acids is 1. The summed E-state index contributed by atoms with van der Waals surface area (Å²) in [5, 5.41) is 3.02. The maximum atomic E-state index is 13.2. The first-order valence-electron chi connectivity index (χ1n) is 6.11. The van der Waals surface area contributed by atoms with Crippen LogP contribution in [0, 0.1) is 11.6 Å². The number of hydrogen-bond acceptors (Lipinski definition) is 2. The second-order valence-corrected chi connectivity index (χ2v) is 4.40. The summed E-state index contributed by atoms with van der Waals surface area (Å²) in [6.07, 6.45) is 1.53. The third-order valence-electron chi connectivity index (χ3n) is 3.09. The fraction of sp³-hybridized carbons (Fsp3) is 0.462. The van der Waals surface area contributed by atoms with Gasteiger partial charge in [-0.3, -0.25) is 10.1 Å². The standard InChI is InChI=1S/C13H16F2N2O/c1-2-3-6-17-12(18)8-16-13(17)9-4-5-10(14)11(15)7-9/h4-5,7,13,16H,2-3,6,8H2,1H3. The van der Waals surface area contributed by atoms with Crippen LogP contribution in [-0.4, -0.2) is 23.9 Å². The van der Waals surface area contributed by atoms with Crippen LogP contribution >= 0.6 is 0 Å². The first-order valence-corrected chi connectivity index (χ1v) is 6.11. The SMILES string of the molecule is CCCCN1C(=O)CNC1c1ccc(F)c(F)c1. The van der Waals surface area contributed by atoms with Crippen molar-refractivity contribution in [1.29, 1.82) is 0 Å². The van der Waals surface area contributed by atoms with E-state index in [-0.39, 0.29) is 18.6 Å². The minimum atomic E-state index is -0.885. The van der Waals surface area contributed by atoms with Gasteiger partial charge in [-0.2, -0.15) is 0 Å². The van der Waals surface area contributed by atoms with Crippen LogP contribution in [0.3, 0.4) is 0 Å². The first kappa shape index (κ1) is 13.0. The van der Waals surface area contributed by atoms with Gasteiger partial charge in [-0.25, -0.2) is 8.78 Å². The lowest BCUT2D eigenvalue weighted by molar-refractivity contribution is -0.128. The smallest absolute Gasteiger partial charge is 0.238 e. The third-order valence-corrected chi connectivity index (χ3v) is 3.09. The topological polar surface area (TPSA) is 32.3 Å². The molecule has 3 nitrogen and oxygen atoms in total. The lowest BCUT2D eigenvalue weighted by Crippen LogP contribution is -2.31. The van der Waals surface area contributed by atoms with Gasteiger partial charge in [0.2, 0.25) is 5.91 Å². The van der Waals surface area contributed by atoms with Crippen molar-refractivity contribution in [2.45, 2.75) is 25.9 Å². The zero-order chi connectivity index (χ0) is 13.1. The van der Waals surface area contributed by atoms with Gasteiger partial charge in [0.05, 0.1) is 6.54 Å². The number of hydrogen-bond donors (Lipinski definition) is 1. The molecule has 1 N–H and O–H groups in total. The molecule has 0 saturated carbocycles. The Kier molecular flexibility index (Phi) is 3.91. The Morgan fingerprint density at radius 3 is 2.83 bits per heavy atom. The summed E-state index contributed by atoms with van der Waals surface area (Å²) < 4.78 is 26.1. The second-order valence-electron chi connectivity index (χ2n) is 4.40. The van der Waals surface area contributed by atoms with Crippen LogP contribution < -0.4 is 5.32 Å². The highest BCUT2D eigenvalue weighted by molar-refractivity contribution is 5.80. The molecule has 2 rings (SSSR count). The average Bonchev–Trinajstić information content (AvgIpc) is 2.72. The predicted octanol–water partition coefficient (Wildman–Crippen LogP) is 2.20. The number of nitrogens with zero attached hydrogens (tertiary/aromatic N) is 1. The van der Waals surface area contributed by atoms with E-state index in [4.69, 9.17) is 0 Å². The van der Waals surface area contributed by atoms with E-state index in [9.17, 15) is 13.6 Å². The molecule has 1 atom stereocenters. The molecule has 18 heavy (non-hydrogen) atoms. The lowest BCUT2D eigenvalue weighted by Gasteiger charge is -2.24. The Bertz CT molecular complexity index is 451. The number of amides is 1. The molecule has 1 aliphatic rings. The molecule has 0 bridgehead atoms. The molecule has 0 aliphatic carbocycles. The summed E-state index contributed by atoms with van der Waals surface area (Å²) in [6, 6.07) is 3.74. The molecule has 1 saturated heterocycles. The van der Waals surface area contributed by atoms with Crippen LogP contribution in [0.1, 0.15) is 31.5 Å². The summed E-state index contributed by atoms with van der Waals surface area (Å²) in [5.74, 6) is -1.76. The zero-order valence-electron chi connectivity index (χ0n) is 10.2. The number of halogens is 2. The number of nitrogens with one attached hydrogen (secondary N) is 1. The molecule has 1 aliphatic heterocycles. The van der Waals surface area contributed by atoms with Crippen molar-refractivity contribution >= 4 is 5.91 Å². The minimum absolute atomic E-state index is 0.00168. The molecule has 0 radical (unpaired) electrons. The summed E-state index contributed by atoms with van der Waals surface area (Å²) in [5.41, 5.74) is 0.579. The highest BCUT2D eigenvalue weighted by Gasteiger charge is 2.31. The van der Waals surface area contributed by atoms with Crippen LogP contribution in [0.4, 0.5) is 8.78 Å². The van der Waals surface area contributed by atoms with Crippen molar-refractivity contribution in [2.75, 3.05) is 13.1 Å². The molecule has 1 aromatic rings. The molecule has 1 amide bonds. The fourth-order valence-corrected chi connectivity index (χ4v) is 2.10. The molecular formula is C13H16F2N2O. The van der Waals surface area contributed by atoms with Gasteiger partial charge >= 0.3 is 0 Å². The quantitative estimate of drug-likeness (QED) is 0.893. The van der Waals surface area contributed by atoms with Gasteiger partial charge in [-0.1, -0.05) is 19.4 Å². The van der Waals surface area contributed by atoms with E-state index < -0.39 is 11.6 Å². The predicted molar refractivity (Wildman–Crippen MR) is 63.7 cm³/mol. The normalized spacial score (nSPS) is 19.6. The van der Waals surface area contributed by atoms with Crippen molar-refractivity contribution in [3.63, 3.8) is 0 Å². The molecule has 98 valence electrons. The van der Waals surface area contributed by atoms with Crippen LogP contribution in [-0.2, 0) is 4.79 Å². The van der Waals surface area contributed by atoms with E-state index in [1.165, 1.54) is 6.07 Å². The summed E-state index contributed by atoms with van der Waals surface area (Å²) in [6.45, 7) is 2.92. The van der Waals surface area contributed by atoms with E-state index in [0.29, 0.717) is 12.1 Å². The molecule has 0 aromatic heterocycles. The van der Waals surface area contributed by atoms with Gasteiger partial charge in [-0.15, -0.1) is 0 Å². The third kappa shape index (κ3) is 2.51. The van der Waals surface area contributed by atoms with Gasteiger partial charge in [0.25, 0.3) is 0 Å². The lowest BCUT2D eigenvalue weighted by atomic mass is 10.1. The Morgan fingerprint density at radius 2 is 2.17 bits per heavy atom. The molecule has 1 fully saturated rings. The molecule has 1 unspecified atom stereocenters. The van der Waals surface area contributed by atoms with Crippen molar-refractivity contribution in [3.05, 3.63) is 35.4 Å². The highest BCUT2D eigenvalue weighted by Crippen LogP contribution is 2.24. The van der Waals surface area contributed by atoms with E-state index in [1.807, 2.05) is 6.92 Å². The van der Waals surface area contributed by atoms with Gasteiger partial charge in [0.1, 0.15) is 6.17 Å². The average molecular weight is 254 g/mol. The Labute approximate surface area is 105 Å². The maximum Gasteiger partial charge on any atom is 0.238 e. The van der Waals surface area contributed by atoms with Crippen molar-refractivity contribution in [1.82, 2.24) is 10.2 Å². The monoisotopic (exact) mass is 254 g/mol. The van der Waals surface area contributed by atoms with Crippen LogP contribution in [0.2, 0.25) is 0 Å². The fourth-order valence-electron chi connectivity index (χ4n) is 2.10. The maximum absolute atomic E-state index is 13.2. The van der Waals surface area contributed by atoms with Gasteiger partial charge in [0.15, 0.2) is 11.6 Å². The van der Waals surface area contributed by atoms with E-state index >= 15 is 0 Å². The molecular weight excluding hydrogens is 238 g/mol. The van der Waals surface area contributed by atoms with E-state index in [0.717, 1.165) is 25.0 Å². The largest absolute Gasteiger partial charge is 0.322 e. The van der Waals surface area contributed by atoms with Gasteiger partial charge in [-0.05, 0) is 24.1 Å². The van der Waals surface area contributed by atoms with Crippen LogP contribution in [0.25, 0.3) is 0 Å². The van der Waals surface area contributed by atoms with E-state index in [1.54, 1.807) is 4.90 Å². The minimum Gasteiger partial charge on any atom is -0.322 e. The molecule has 1 aromatic carbocycles. The number of benzene rings is 1. The zero-order valence-corrected chi connectivity index (χ0v) is 10.2. The number of rotatable bonds is 4. The van der Waals surface area contributed by atoms with Gasteiger partial charge in [0, 0.05) is 6.54 Å². The van der Waals surface area contributed by atoms with Gasteiger partial charge < -0.3 is 4.90 Å². The van der Waals surface area contributed by atoms with Crippen molar-refractivity contribution in [3.8, 4) is 0 Å². The number of unbranched alkanes of at least 4 members (excludes halogenated alkanes) is 1. The molecule has 5 heteroatoms. The van der Waals surface area contributed by atoms with Crippen molar-refractivity contribution in [2.24, 2.45) is 0 Å². The first-order chi connectivity index (χ1) is 8.63. The number of carbonyl (C=O) groups is 1. The highest BCUT2D eigenvalue weighted by atomic mass is 19.2. The Balaban J connectivity index is 2.19. The summed E-state index contributed by atoms with van der Waals surface area (Å²) in [4.78, 5) is 13.4. The summed E-state index contributed by atoms with van der Waals surface area (Å²) in [7, 11) is 0. The Hall–Kier alpha value is -1.49. The van der Waals surface area contributed by atoms with Crippen molar-refractivity contribution < 1.29 is 13.6 Å². The van der Waals surface area contributed by atoms with Crippen LogP contribution in [0.5, 0.6) is 0 Å². The second kappa shape index (κ2) is 5.44.